The maximum atomic E-state index is 2.82. The van der Waals surface area contributed by atoms with Gasteiger partial charge in [0, 0.05) is 0 Å². The largest absolute Gasteiger partial charge is 0.0552 e. The van der Waals surface area contributed by atoms with Crippen LogP contribution in [-0.2, 0) is 0 Å². The molecule has 8 saturated carbocycles. The summed E-state index contributed by atoms with van der Waals surface area (Å²) in [5.41, 5.74) is 29.1. The lowest BCUT2D eigenvalue weighted by atomic mass is 9.72. The summed E-state index contributed by atoms with van der Waals surface area (Å²) >= 11 is 0. The summed E-state index contributed by atoms with van der Waals surface area (Å²) in [6.07, 6.45) is 55.2. The molecule has 0 spiro atoms. The lowest BCUT2D eigenvalue weighted by molar-refractivity contribution is 0.435. The van der Waals surface area contributed by atoms with Gasteiger partial charge in [-0.15, -0.1) is 0 Å². The number of benzene rings is 5. The fourth-order valence-corrected chi connectivity index (χ4v) is 19.1. The minimum absolute atomic E-state index is 0.674. The Hall–Kier alpha value is -3.90. The Kier molecular flexibility index (Phi) is 17.9. The summed E-state index contributed by atoms with van der Waals surface area (Å²) in [6.45, 7) is 5.36. The van der Waals surface area contributed by atoms with E-state index in [1.165, 1.54) is 257 Å². The summed E-state index contributed by atoms with van der Waals surface area (Å²) in [5, 5.41) is 0. The van der Waals surface area contributed by atoms with E-state index in [0.717, 1.165) is 0 Å². The van der Waals surface area contributed by atoms with E-state index in [2.05, 4.69) is 86.6 Å². The monoisotopic (exact) mass is 1070 g/mol. The Morgan fingerprint density at radius 3 is 0.425 bits per heavy atom. The molecule has 426 valence electrons. The van der Waals surface area contributed by atoms with Crippen LogP contribution in [0.4, 0.5) is 0 Å². The summed E-state index contributed by atoms with van der Waals surface area (Å²) in [6, 6.07) is 33.7. The topological polar surface area (TPSA) is 0 Å². The van der Waals surface area contributed by atoms with Crippen LogP contribution in [0.25, 0.3) is 44.5 Å². The van der Waals surface area contributed by atoms with Gasteiger partial charge in [-0.05, 0) is 264 Å². The average molecular weight is 1070 g/mol. The van der Waals surface area contributed by atoms with Crippen LogP contribution < -0.4 is 0 Å². The molecule has 5 aromatic carbocycles. The SMILES string of the molecule is Cc1c(-c2cc(C3CCCCC3)cc(C3CCCCC3)c2)c(-c2cc(C3CCCCC3)cc(C3CCCCC3)c2)c(C)c(-c2cc(C3CCCCC3)cc(C3CCCCC3)c2)c1-c1cc(C2CCCCC2)cc(C2CCCCC2)c1. The molecule has 8 aliphatic carbocycles. The van der Waals surface area contributed by atoms with Gasteiger partial charge in [0.1, 0.15) is 0 Å². The standard InChI is InChI=1S/C80H106/c1-55-77(73-47-65(57-27-11-3-12-28-57)43-66(48-73)58-29-13-4-14-30-58)79(75-51-69(61-35-19-7-20-36-61)45-70(52-75)62-37-21-8-22-38-62)56(2)80(76-53-71(63-39-23-9-24-40-63)46-72(54-76)64-41-25-10-26-42-64)78(55)74-49-67(59-31-15-5-16-32-59)44-68(50-74)60-33-17-6-18-34-60/h43-54,57-64H,3-42H2,1-2H3. The second-order valence-corrected chi connectivity index (χ2v) is 29.0. The van der Waals surface area contributed by atoms with E-state index in [0.29, 0.717) is 47.3 Å². The van der Waals surface area contributed by atoms with Crippen LogP contribution in [-0.4, -0.2) is 0 Å². The minimum Gasteiger partial charge on any atom is -0.0552 e. The molecule has 0 heteroatoms. The van der Waals surface area contributed by atoms with Crippen molar-refractivity contribution in [2.24, 2.45) is 0 Å². The quantitative estimate of drug-likeness (QED) is 0.117. The molecule has 0 nitrogen and oxygen atoms in total. The van der Waals surface area contributed by atoms with Gasteiger partial charge in [0.25, 0.3) is 0 Å². The van der Waals surface area contributed by atoms with Crippen LogP contribution in [0.5, 0.6) is 0 Å². The highest BCUT2D eigenvalue weighted by molar-refractivity contribution is 6.01. The van der Waals surface area contributed by atoms with E-state index in [1.807, 2.05) is 0 Å². The molecule has 0 unspecified atom stereocenters. The molecule has 0 aliphatic heterocycles. The van der Waals surface area contributed by atoms with Gasteiger partial charge < -0.3 is 0 Å². The van der Waals surface area contributed by atoms with Gasteiger partial charge in [0.05, 0.1) is 0 Å². The molecular formula is C80H106. The van der Waals surface area contributed by atoms with Crippen molar-refractivity contribution in [3.8, 4) is 44.5 Å². The van der Waals surface area contributed by atoms with Crippen LogP contribution >= 0.6 is 0 Å². The Bertz CT molecular complexity index is 2320. The van der Waals surface area contributed by atoms with Gasteiger partial charge in [-0.3, -0.25) is 0 Å². The molecule has 0 saturated heterocycles. The predicted octanol–water partition coefficient (Wildman–Crippen LogP) is 25.4. The minimum atomic E-state index is 0.674. The molecule has 80 heavy (non-hydrogen) atoms. The van der Waals surface area contributed by atoms with E-state index in [-0.39, 0.29) is 0 Å². The average Bonchev–Trinajstić information content (AvgIpc) is 3.61. The van der Waals surface area contributed by atoms with Crippen molar-refractivity contribution in [2.75, 3.05) is 0 Å². The van der Waals surface area contributed by atoms with Crippen molar-refractivity contribution >= 4 is 0 Å². The summed E-state index contributed by atoms with van der Waals surface area (Å²) < 4.78 is 0. The zero-order valence-corrected chi connectivity index (χ0v) is 50.8. The fourth-order valence-electron chi connectivity index (χ4n) is 19.1. The summed E-state index contributed by atoms with van der Waals surface area (Å²) in [7, 11) is 0. The van der Waals surface area contributed by atoms with E-state index in [4.69, 9.17) is 0 Å². The Labute approximate surface area is 488 Å². The Morgan fingerprint density at radius 1 is 0.175 bits per heavy atom. The third-order valence-corrected chi connectivity index (χ3v) is 23.7. The molecule has 0 heterocycles. The second-order valence-electron chi connectivity index (χ2n) is 29.0. The van der Waals surface area contributed by atoms with Crippen molar-refractivity contribution in [1.82, 2.24) is 0 Å². The molecule has 13 rings (SSSR count). The second kappa shape index (κ2) is 25.9. The first kappa shape index (κ1) is 55.3. The van der Waals surface area contributed by atoms with Gasteiger partial charge in [-0.25, -0.2) is 0 Å². The molecule has 5 aromatic rings. The van der Waals surface area contributed by atoms with Crippen molar-refractivity contribution in [1.29, 1.82) is 0 Å². The zero-order valence-electron chi connectivity index (χ0n) is 50.8. The van der Waals surface area contributed by atoms with Crippen LogP contribution in [0.3, 0.4) is 0 Å². The van der Waals surface area contributed by atoms with Crippen LogP contribution in [0.15, 0.2) is 72.8 Å². The van der Waals surface area contributed by atoms with Crippen molar-refractivity contribution in [3.63, 3.8) is 0 Å². The Balaban J connectivity index is 1.14. The number of hydrogen-bond donors (Lipinski definition) is 0. The molecule has 0 N–H and O–H groups in total. The maximum Gasteiger partial charge on any atom is -0.00666 e. The smallest absolute Gasteiger partial charge is 0.00666 e. The summed E-state index contributed by atoms with van der Waals surface area (Å²) in [5.74, 6) is 5.39. The van der Waals surface area contributed by atoms with E-state index in [1.54, 1.807) is 100 Å². The fraction of sp³-hybridized carbons (Fsp3) is 0.625. The molecular weight excluding hydrogens is 961 g/mol. The molecule has 0 radical (unpaired) electrons. The number of rotatable bonds is 12. The lowest BCUT2D eigenvalue weighted by Gasteiger charge is -2.32. The van der Waals surface area contributed by atoms with Gasteiger partial charge in [0.15, 0.2) is 0 Å². The first-order chi connectivity index (χ1) is 39.5. The Morgan fingerprint density at radius 2 is 0.300 bits per heavy atom. The first-order valence-electron chi connectivity index (χ1n) is 35.3. The normalized spacial score (nSPS) is 22.7. The van der Waals surface area contributed by atoms with E-state index in [9.17, 15) is 0 Å². The lowest BCUT2D eigenvalue weighted by Crippen LogP contribution is -2.11. The van der Waals surface area contributed by atoms with Crippen molar-refractivity contribution in [3.05, 3.63) is 128 Å². The first-order valence-corrected chi connectivity index (χ1v) is 35.3. The van der Waals surface area contributed by atoms with Gasteiger partial charge in [0.2, 0.25) is 0 Å². The highest BCUT2D eigenvalue weighted by Crippen LogP contribution is 2.54. The molecule has 0 amide bonds. The van der Waals surface area contributed by atoms with Crippen molar-refractivity contribution < 1.29 is 0 Å². The van der Waals surface area contributed by atoms with Gasteiger partial charge in [-0.2, -0.15) is 0 Å². The highest BCUT2D eigenvalue weighted by Gasteiger charge is 2.32. The molecule has 0 bridgehead atoms. The van der Waals surface area contributed by atoms with E-state index < -0.39 is 0 Å². The third kappa shape index (κ3) is 12.2. The third-order valence-electron chi connectivity index (χ3n) is 23.7. The highest BCUT2D eigenvalue weighted by atomic mass is 14.4. The molecule has 8 aliphatic rings. The molecule has 0 atom stereocenters. The number of hydrogen-bond acceptors (Lipinski definition) is 0. The molecule has 8 fully saturated rings. The molecule has 0 aromatic heterocycles. The van der Waals surface area contributed by atoms with Crippen LogP contribution in [0, 0.1) is 13.8 Å². The van der Waals surface area contributed by atoms with Gasteiger partial charge >= 0.3 is 0 Å². The van der Waals surface area contributed by atoms with Gasteiger partial charge in [-0.1, -0.05) is 227 Å². The van der Waals surface area contributed by atoms with Crippen LogP contribution in [0.1, 0.15) is 360 Å². The predicted molar refractivity (Wildman–Crippen MR) is 344 cm³/mol. The van der Waals surface area contributed by atoms with Crippen LogP contribution in [0.2, 0.25) is 0 Å². The van der Waals surface area contributed by atoms with Crippen molar-refractivity contribution in [2.45, 2.75) is 318 Å². The zero-order chi connectivity index (χ0) is 53.8. The summed E-state index contributed by atoms with van der Waals surface area (Å²) in [4.78, 5) is 0. The van der Waals surface area contributed by atoms with E-state index >= 15 is 0 Å². The maximum absolute atomic E-state index is 2.82.